The number of nitrogens with zero attached hydrogens (tertiary/aromatic N) is 1. The highest BCUT2D eigenvalue weighted by Crippen LogP contribution is 2.20. The number of hydrogen-bond donors (Lipinski definition) is 1. The van der Waals surface area contributed by atoms with Gasteiger partial charge in [0.15, 0.2) is 0 Å². The molecule has 26 heavy (non-hydrogen) atoms. The molecule has 5 nitrogen and oxygen atoms in total. The normalized spacial score (nSPS) is 17.7. The van der Waals surface area contributed by atoms with Gasteiger partial charge in [0.25, 0.3) is 0 Å². The fourth-order valence-corrected chi connectivity index (χ4v) is 3.69. The number of benzene rings is 1. The van der Waals surface area contributed by atoms with Crippen molar-refractivity contribution < 1.29 is 14.3 Å². The number of nitrogens with one attached hydrogen (secondary N) is 1. The van der Waals surface area contributed by atoms with Crippen LogP contribution in [0.25, 0.3) is 0 Å². The molecule has 1 N–H and O–H groups in total. The monoisotopic (exact) mass is 378 g/mol. The van der Waals surface area contributed by atoms with E-state index in [0.29, 0.717) is 19.6 Å². The Kier molecular flexibility index (Phi) is 7.82. The standard InChI is InChI=1S/C20H30N2O3S/c1-20(2,3)25-19(24)22-13-7-9-16(15-22)18(23)21-12-8-14-26-17-10-5-4-6-11-17/h4-6,10-11,16H,7-9,12-15H2,1-3H3,(H,21,23)/t16-/m0/s1. The summed E-state index contributed by atoms with van der Waals surface area (Å²) < 4.78 is 5.41. The zero-order chi connectivity index (χ0) is 19.0. The maximum Gasteiger partial charge on any atom is 0.410 e. The molecule has 0 aliphatic carbocycles. The lowest BCUT2D eigenvalue weighted by atomic mass is 9.97. The Balaban J connectivity index is 1.67. The first-order chi connectivity index (χ1) is 12.3. The van der Waals surface area contributed by atoms with E-state index in [1.54, 1.807) is 16.7 Å². The molecular weight excluding hydrogens is 348 g/mol. The van der Waals surface area contributed by atoms with Crippen LogP contribution < -0.4 is 5.32 Å². The molecule has 1 atom stereocenters. The predicted octanol–water partition coefficient (Wildman–Crippen LogP) is 3.93. The zero-order valence-corrected chi connectivity index (χ0v) is 16.8. The van der Waals surface area contributed by atoms with Gasteiger partial charge in [0.1, 0.15) is 5.60 Å². The Labute approximate surface area is 160 Å². The highest BCUT2D eigenvalue weighted by molar-refractivity contribution is 7.99. The van der Waals surface area contributed by atoms with Gasteiger partial charge in [-0.2, -0.15) is 0 Å². The van der Waals surface area contributed by atoms with Crippen molar-refractivity contribution in [3.8, 4) is 0 Å². The molecule has 144 valence electrons. The van der Waals surface area contributed by atoms with Gasteiger partial charge in [0.2, 0.25) is 5.91 Å². The Bertz CT molecular complexity index is 586. The van der Waals surface area contributed by atoms with Crippen LogP contribution in [-0.2, 0) is 9.53 Å². The molecule has 1 aromatic carbocycles. The summed E-state index contributed by atoms with van der Waals surface area (Å²) in [5, 5.41) is 3.02. The van der Waals surface area contributed by atoms with E-state index in [0.717, 1.165) is 25.0 Å². The summed E-state index contributed by atoms with van der Waals surface area (Å²) in [6, 6.07) is 10.3. The number of ether oxygens (including phenoxy) is 1. The lowest BCUT2D eigenvalue weighted by molar-refractivity contribution is -0.126. The van der Waals surface area contributed by atoms with Crippen molar-refractivity contribution in [2.45, 2.75) is 50.5 Å². The van der Waals surface area contributed by atoms with Gasteiger partial charge in [-0.05, 0) is 57.9 Å². The van der Waals surface area contributed by atoms with Gasteiger partial charge in [-0.15, -0.1) is 11.8 Å². The van der Waals surface area contributed by atoms with Crippen molar-refractivity contribution in [3.63, 3.8) is 0 Å². The number of carbonyl (C=O) groups is 2. The van der Waals surface area contributed by atoms with Crippen LogP contribution in [0.5, 0.6) is 0 Å². The SMILES string of the molecule is CC(C)(C)OC(=O)N1CCC[C@H](C(=O)NCCCSc2ccccc2)C1. The summed E-state index contributed by atoms with van der Waals surface area (Å²) in [6.45, 7) is 7.33. The van der Waals surface area contributed by atoms with Gasteiger partial charge < -0.3 is 15.0 Å². The van der Waals surface area contributed by atoms with Crippen molar-refractivity contribution in [3.05, 3.63) is 30.3 Å². The topological polar surface area (TPSA) is 58.6 Å². The summed E-state index contributed by atoms with van der Waals surface area (Å²) in [7, 11) is 0. The molecule has 1 saturated heterocycles. The van der Waals surface area contributed by atoms with Gasteiger partial charge in [-0.25, -0.2) is 4.79 Å². The number of amides is 2. The van der Waals surface area contributed by atoms with E-state index in [9.17, 15) is 9.59 Å². The second-order valence-electron chi connectivity index (χ2n) is 7.57. The molecule has 0 unspecified atom stereocenters. The molecule has 0 bridgehead atoms. The van der Waals surface area contributed by atoms with Gasteiger partial charge in [0, 0.05) is 24.5 Å². The van der Waals surface area contributed by atoms with E-state index < -0.39 is 5.60 Å². The average molecular weight is 379 g/mol. The highest BCUT2D eigenvalue weighted by atomic mass is 32.2. The van der Waals surface area contributed by atoms with Crippen LogP contribution in [0.15, 0.2) is 35.2 Å². The third-order valence-electron chi connectivity index (χ3n) is 4.08. The average Bonchev–Trinajstić information content (AvgIpc) is 2.61. The highest BCUT2D eigenvalue weighted by Gasteiger charge is 2.30. The molecular formula is C20H30N2O3S. The quantitative estimate of drug-likeness (QED) is 0.602. The van der Waals surface area contributed by atoms with Crippen LogP contribution in [-0.4, -0.2) is 47.9 Å². The molecule has 2 rings (SSSR count). The number of rotatable bonds is 6. The van der Waals surface area contributed by atoms with E-state index >= 15 is 0 Å². The van der Waals surface area contributed by atoms with Crippen LogP contribution in [0, 0.1) is 5.92 Å². The first-order valence-electron chi connectivity index (χ1n) is 9.28. The second kappa shape index (κ2) is 9.86. The van der Waals surface area contributed by atoms with Gasteiger partial charge in [-0.3, -0.25) is 4.79 Å². The summed E-state index contributed by atoms with van der Waals surface area (Å²) in [6.07, 6.45) is 2.26. The van der Waals surface area contributed by atoms with Crippen molar-refractivity contribution in [2.75, 3.05) is 25.4 Å². The van der Waals surface area contributed by atoms with Gasteiger partial charge in [-0.1, -0.05) is 18.2 Å². The molecule has 0 radical (unpaired) electrons. The van der Waals surface area contributed by atoms with Crippen molar-refractivity contribution in [2.24, 2.45) is 5.92 Å². The van der Waals surface area contributed by atoms with Crippen molar-refractivity contribution in [1.29, 1.82) is 0 Å². The zero-order valence-electron chi connectivity index (χ0n) is 16.0. The third kappa shape index (κ3) is 7.28. The maximum absolute atomic E-state index is 12.4. The van der Waals surface area contributed by atoms with Gasteiger partial charge >= 0.3 is 6.09 Å². The maximum atomic E-state index is 12.4. The number of likely N-dealkylation sites (tertiary alicyclic amines) is 1. The molecule has 1 aromatic rings. The molecule has 1 aliphatic heterocycles. The summed E-state index contributed by atoms with van der Waals surface area (Å²) >= 11 is 1.80. The predicted molar refractivity (Wildman–Crippen MR) is 105 cm³/mol. The minimum Gasteiger partial charge on any atom is -0.444 e. The molecule has 1 fully saturated rings. The van der Waals surface area contributed by atoms with Crippen molar-refractivity contribution >= 4 is 23.8 Å². The smallest absolute Gasteiger partial charge is 0.410 e. The summed E-state index contributed by atoms with van der Waals surface area (Å²) in [5.41, 5.74) is -0.511. The lowest BCUT2D eigenvalue weighted by Gasteiger charge is -2.33. The fraction of sp³-hybridized carbons (Fsp3) is 0.600. The molecule has 0 spiro atoms. The van der Waals surface area contributed by atoms with E-state index in [2.05, 4.69) is 17.4 Å². The third-order valence-corrected chi connectivity index (χ3v) is 5.17. The Morgan fingerprint density at radius 1 is 1.27 bits per heavy atom. The first-order valence-corrected chi connectivity index (χ1v) is 10.3. The van der Waals surface area contributed by atoms with E-state index in [-0.39, 0.29) is 17.9 Å². The largest absolute Gasteiger partial charge is 0.444 e. The fourth-order valence-electron chi connectivity index (χ4n) is 2.82. The number of piperidine rings is 1. The van der Waals surface area contributed by atoms with E-state index in [1.165, 1.54) is 4.90 Å². The lowest BCUT2D eigenvalue weighted by Crippen LogP contribution is -2.47. The molecule has 0 aromatic heterocycles. The molecule has 6 heteroatoms. The van der Waals surface area contributed by atoms with Crippen LogP contribution in [0.4, 0.5) is 4.79 Å². The second-order valence-corrected chi connectivity index (χ2v) is 8.74. The number of carbonyl (C=O) groups excluding carboxylic acids is 2. The van der Waals surface area contributed by atoms with Crippen LogP contribution >= 0.6 is 11.8 Å². The first kappa shape index (κ1) is 20.6. The Morgan fingerprint density at radius 3 is 2.69 bits per heavy atom. The Hall–Kier alpha value is -1.69. The van der Waals surface area contributed by atoms with Crippen molar-refractivity contribution in [1.82, 2.24) is 10.2 Å². The number of hydrogen-bond acceptors (Lipinski definition) is 4. The molecule has 1 aliphatic rings. The molecule has 1 heterocycles. The summed E-state index contributed by atoms with van der Waals surface area (Å²) in [5.74, 6) is 0.875. The Morgan fingerprint density at radius 2 is 2.00 bits per heavy atom. The number of thioether (sulfide) groups is 1. The van der Waals surface area contributed by atoms with Crippen LogP contribution in [0.2, 0.25) is 0 Å². The van der Waals surface area contributed by atoms with Crippen LogP contribution in [0.3, 0.4) is 0 Å². The summed E-state index contributed by atoms with van der Waals surface area (Å²) in [4.78, 5) is 27.5. The van der Waals surface area contributed by atoms with Gasteiger partial charge in [0.05, 0.1) is 5.92 Å². The van der Waals surface area contributed by atoms with Crippen LogP contribution in [0.1, 0.15) is 40.0 Å². The molecule has 0 saturated carbocycles. The van der Waals surface area contributed by atoms with E-state index in [4.69, 9.17) is 4.74 Å². The van der Waals surface area contributed by atoms with E-state index in [1.807, 2.05) is 39.0 Å². The minimum atomic E-state index is -0.511. The minimum absolute atomic E-state index is 0.0444. The molecule has 2 amide bonds.